The number of hydrogen-bond donors (Lipinski definition) is 1. The fourth-order valence-electron chi connectivity index (χ4n) is 3.57. The number of nitrogens with zero attached hydrogens (tertiary/aromatic N) is 4. The number of thiophene rings is 1. The van der Waals surface area contributed by atoms with Gasteiger partial charge in [0.15, 0.2) is 5.96 Å². The third-order valence-corrected chi connectivity index (χ3v) is 6.04. The van der Waals surface area contributed by atoms with Crippen LogP contribution in [0.25, 0.3) is 0 Å². The summed E-state index contributed by atoms with van der Waals surface area (Å²) in [5.74, 6) is 0.916. The van der Waals surface area contributed by atoms with Crippen molar-refractivity contribution < 1.29 is 4.74 Å². The second kappa shape index (κ2) is 9.39. The van der Waals surface area contributed by atoms with Crippen LogP contribution < -0.4 is 5.32 Å². The molecule has 27 heavy (non-hydrogen) atoms. The van der Waals surface area contributed by atoms with E-state index in [0.717, 1.165) is 38.7 Å². The number of morpholine rings is 1. The van der Waals surface area contributed by atoms with E-state index in [2.05, 4.69) is 81.5 Å². The average Bonchev–Trinajstić information content (AvgIpc) is 3.31. The van der Waals surface area contributed by atoms with Crippen molar-refractivity contribution in [1.29, 1.82) is 0 Å². The van der Waals surface area contributed by atoms with Crippen molar-refractivity contribution >= 4 is 17.3 Å². The van der Waals surface area contributed by atoms with Gasteiger partial charge in [0.25, 0.3) is 0 Å². The van der Waals surface area contributed by atoms with E-state index in [4.69, 9.17) is 4.74 Å². The lowest BCUT2D eigenvalue weighted by Crippen LogP contribution is -2.48. The van der Waals surface area contributed by atoms with Crippen molar-refractivity contribution in [1.82, 2.24) is 19.7 Å². The van der Waals surface area contributed by atoms with Gasteiger partial charge >= 0.3 is 0 Å². The van der Waals surface area contributed by atoms with E-state index in [1.54, 1.807) is 0 Å². The van der Waals surface area contributed by atoms with Crippen LogP contribution in [-0.2, 0) is 18.3 Å². The van der Waals surface area contributed by atoms with Crippen LogP contribution in [0.15, 0.2) is 40.8 Å². The molecule has 3 heterocycles. The highest BCUT2D eigenvalue weighted by Gasteiger charge is 2.26. The van der Waals surface area contributed by atoms with Gasteiger partial charge in [-0.15, -0.1) is 11.3 Å². The molecule has 2 aromatic heterocycles. The Kier molecular flexibility index (Phi) is 6.93. The Morgan fingerprint density at radius 1 is 1.44 bits per heavy atom. The summed E-state index contributed by atoms with van der Waals surface area (Å²) < 4.78 is 7.88. The maximum atomic E-state index is 5.74. The van der Waals surface area contributed by atoms with Gasteiger partial charge in [-0.2, -0.15) is 0 Å². The summed E-state index contributed by atoms with van der Waals surface area (Å²) in [7, 11) is 6.01. The summed E-state index contributed by atoms with van der Waals surface area (Å²) in [6, 6.07) is 8.91. The predicted molar refractivity (Wildman–Crippen MR) is 112 cm³/mol. The van der Waals surface area contributed by atoms with E-state index in [0.29, 0.717) is 6.04 Å². The molecule has 7 heteroatoms. The monoisotopic (exact) mass is 389 g/mol. The lowest BCUT2D eigenvalue weighted by atomic mass is 10.1. The molecule has 0 spiro atoms. The zero-order chi connectivity index (χ0) is 19.2. The molecule has 0 aliphatic carbocycles. The minimum absolute atomic E-state index is 0.278. The molecule has 1 fully saturated rings. The first-order valence-corrected chi connectivity index (χ1v) is 10.4. The molecule has 1 aliphatic rings. The fraction of sp³-hybridized carbons (Fsp3) is 0.550. The molecule has 0 aromatic carbocycles. The summed E-state index contributed by atoms with van der Waals surface area (Å²) in [5, 5.41) is 5.75. The van der Waals surface area contributed by atoms with Gasteiger partial charge in [-0.3, -0.25) is 9.89 Å². The summed E-state index contributed by atoms with van der Waals surface area (Å²) in [6.07, 6.45) is 2.35. The van der Waals surface area contributed by atoms with E-state index < -0.39 is 0 Å². The Bertz CT molecular complexity index is 727. The zero-order valence-electron chi connectivity index (χ0n) is 16.8. The van der Waals surface area contributed by atoms with E-state index in [1.165, 1.54) is 10.6 Å². The highest BCUT2D eigenvalue weighted by atomic mass is 32.1. The molecule has 6 nitrogen and oxygen atoms in total. The van der Waals surface area contributed by atoms with Crippen molar-refractivity contribution in [3.8, 4) is 0 Å². The number of rotatable bonds is 6. The van der Waals surface area contributed by atoms with Crippen molar-refractivity contribution in [2.75, 3.05) is 40.3 Å². The first-order chi connectivity index (χ1) is 13.1. The van der Waals surface area contributed by atoms with Gasteiger partial charge in [0.05, 0.1) is 25.3 Å². The largest absolute Gasteiger partial charge is 0.376 e. The maximum absolute atomic E-state index is 5.74. The molecule has 2 aromatic rings. The topological polar surface area (TPSA) is 45.0 Å². The number of aromatic nitrogens is 1. The molecule has 1 N–H and O–H groups in total. The molecule has 0 saturated carbocycles. The lowest BCUT2D eigenvalue weighted by Gasteiger charge is -2.37. The van der Waals surface area contributed by atoms with Gasteiger partial charge in [0.1, 0.15) is 0 Å². The van der Waals surface area contributed by atoms with Gasteiger partial charge in [-0.25, -0.2) is 0 Å². The Morgan fingerprint density at radius 3 is 2.93 bits per heavy atom. The standard InChI is InChI=1S/C20H31N5OS/c1-16-14-25(10-11-26-16)18(19-8-6-12-27-19)13-22-20(21-2)24(4)15-17-7-5-9-23(17)3/h5-9,12,16,18H,10-11,13-15H2,1-4H3,(H,21,22). The molecule has 3 rings (SSSR count). The Morgan fingerprint density at radius 2 is 2.30 bits per heavy atom. The van der Waals surface area contributed by atoms with Crippen LogP contribution in [0.5, 0.6) is 0 Å². The summed E-state index contributed by atoms with van der Waals surface area (Å²) in [6.45, 7) is 6.52. The third-order valence-electron chi connectivity index (χ3n) is 5.06. The first-order valence-electron chi connectivity index (χ1n) is 9.49. The van der Waals surface area contributed by atoms with Crippen LogP contribution in [-0.4, -0.2) is 66.8 Å². The molecule has 148 valence electrons. The summed E-state index contributed by atoms with van der Waals surface area (Å²) in [4.78, 5) is 10.6. The van der Waals surface area contributed by atoms with Crippen molar-refractivity contribution in [3.63, 3.8) is 0 Å². The predicted octanol–water partition coefficient (Wildman–Crippen LogP) is 2.56. The number of nitrogens with one attached hydrogen (secondary N) is 1. The molecule has 2 unspecified atom stereocenters. The van der Waals surface area contributed by atoms with Gasteiger partial charge in [-0.1, -0.05) is 6.07 Å². The Hall–Kier alpha value is -1.83. The SMILES string of the molecule is CN=C(NCC(c1cccs1)N1CCOC(C)C1)N(C)Cc1cccn1C. The molecule has 0 amide bonds. The molecule has 1 saturated heterocycles. The van der Waals surface area contributed by atoms with E-state index in [1.807, 2.05) is 18.4 Å². The summed E-state index contributed by atoms with van der Waals surface area (Å²) in [5.41, 5.74) is 1.26. The highest BCUT2D eigenvalue weighted by Crippen LogP contribution is 2.26. The van der Waals surface area contributed by atoms with Gasteiger partial charge in [-0.05, 0) is 30.5 Å². The molecule has 0 bridgehead atoms. The number of aryl methyl sites for hydroxylation is 1. The first kappa shape index (κ1) is 19.9. The minimum atomic E-state index is 0.278. The van der Waals surface area contributed by atoms with E-state index in [9.17, 15) is 0 Å². The molecule has 1 aliphatic heterocycles. The van der Waals surface area contributed by atoms with Crippen LogP contribution >= 0.6 is 11.3 Å². The van der Waals surface area contributed by atoms with Crippen LogP contribution in [0.3, 0.4) is 0 Å². The maximum Gasteiger partial charge on any atom is 0.193 e. The average molecular weight is 390 g/mol. The highest BCUT2D eigenvalue weighted by molar-refractivity contribution is 7.10. The van der Waals surface area contributed by atoms with Crippen LogP contribution in [0.1, 0.15) is 23.5 Å². The van der Waals surface area contributed by atoms with Gasteiger partial charge in [0.2, 0.25) is 0 Å². The number of hydrogen-bond acceptors (Lipinski definition) is 4. The lowest BCUT2D eigenvalue weighted by molar-refractivity contribution is -0.0334. The van der Waals surface area contributed by atoms with Crippen molar-refractivity contribution in [3.05, 3.63) is 46.4 Å². The molecular weight excluding hydrogens is 358 g/mol. The summed E-state index contributed by atoms with van der Waals surface area (Å²) >= 11 is 1.82. The van der Waals surface area contributed by atoms with Crippen molar-refractivity contribution in [2.45, 2.75) is 25.6 Å². The zero-order valence-corrected chi connectivity index (χ0v) is 17.6. The smallest absolute Gasteiger partial charge is 0.193 e. The molecular formula is C20H31N5OS. The fourth-order valence-corrected chi connectivity index (χ4v) is 4.43. The van der Waals surface area contributed by atoms with Crippen LogP contribution in [0, 0.1) is 0 Å². The van der Waals surface area contributed by atoms with Crippen LogP contribution in [0.4, 0.5) is 0 Å². The molecule has 2 atom stereocenters. The van der Waals surface area contributed by atoms with E-state index in [-0.39, 0.29) is 6.10 Å². The Labute approximate surface area is 166 Å². The van der Waals surface area contributed by atoms with E-state index >= 15 is 0 Å². The van der Waals surface area contributed by atoms with Crippen molar-refractivity contribution in [2.24, 2.45) is 12.0 Å². The Balaban J connectivity index is 1.65. The minimum Gasteiger partial charge on any atom is -0.376 e. The number of aliphatic imine (C=N–C) groups is 1. The second-order valence-electron chi connectivity index (χ2n) is 7.10. The number of ether oxygens (including phenoxy) is 1. The quantitative estimate of drug-likeness (QED) is 0.609. The second-order valence-corrected chi connectivity index (χ2v) is 8.08. The van der Waals surface area contributed by atoms with Crippen LogP contribution in [0.2, 0.25) is 0 Å². The third kappa shape index (κ3) is 5.12. The number of guanidine groups is 1. The normalized spacial score (nSPS) is 19.9. The molecule has 0 radical (unpaired) electrons. The van der Waals surface area contributed by atoms with Gasteiger partial charge in [0, 0.05) is 57.5 Å². The van der Waals surface area contributed by atoms with Gasteiger partial charge < -0.3 is 19.5 Å².